The van der Waals surface area contributed by atoms with Crippen molar-refractivity contribution in [3.8, 4) is 0 Å². The summed E-state index contributed by atoms with van der Waals surface area (Å²) in [7, 11) is 0. The largest absolute Gasteiger partial charge is 0.343 e. The Morgan fingerprint density at radius 2 is 1.90 bits per heavy atom. The first-order valence-corrected chi connectivity index (χ1v) is 10.1. The van der Waals surface area contributed by atoms with E-state index in [1.54, 1.807) is 23.2 Å². The fraction of sp³-hybridized carbons (Fsp3) is 0.409. The lowest BCUT2D eigenvalue weighted by molar-refractivity contribution is -0.143. The number of hydrogen-bond donors (Lipinski definition) is 0. The normalized spacial score (nSPS) is 27.9. The molecule has 0 bridgehead atoms. The van der Waals surface area contributed by atoms with Crippen LogP contribution in [0, 0.1) is 0 Å². The summed E-state index contributed by atoms with van der Waals surface area (Å²) in [5, 5.41) is 0. The van der Waals surface area contributed by atoms with Gasteiger partial charge in [0.1, 0.15) is 6.10 Å². The minimum atomic E-state index is -0.711. The Labute approximate surface area is 168 Å². The van der Waals surface area contributed by atoms with Crippen molar-refractivity contribution in [3.63, 3.8) is 0 Å². The molecule has 3 saturated heterocycles. The molecule has 0 unspecified atom stereocenters. The van der Waals surface area contributed by atoms with E-state index in [2.05, 4.69) is 0 Å². The van der Waals surface area contributed by atoms with Crippen LogP contribution in [-0.2, 0) is 20.9 Å². The van der Waals surface area contributed by atoms with E-state index in [4.69, 9.17) is 4.74 Å². The molecular weight excluding hydrogens is 370 g/mol. The van der Waals surface area contributed by atoms with E-state index in [9.17, 15) is 14.4 Å². The maximum Gasteiger partial charge on any atom is 0.250 e. The summed E-state index contributed by atoms with van der Waals surface area (Å²) in [6.07, 6.45) is 2.68. The Balaban J connectivity index is 1.33. The van der Waals surface area contributed by atoms with Crippen molar-refractivity contribution >= 4 is 11.8 Å². The first-order valence-electron chi connectivity index (χ1n) is 10.1. The molecule has 7 heteroatoms. The molecule has 1 aromatic carbocycles. The summed E-state index contributed by atoms with van der Waals surface area (Å²) < 4.78 is 8.01. The van der Waals surface area contributed by atoms with Crippen LogP contribution < -0.4 is 5.56 Å². The average molecular weight is 393 g/mol. The second-order valence-corrected chi connectivity index (χ2v) is 7.91. The minimum Gasteiger partial charge on any atom is -0.343 e. The van der Waals surface area contributed by atoms with Gasteiger partial charge >= 0.3 is 0 Å². The monoisotopic (exact) mass is 393 g/mol. The highest BCUT2D eigenvalue weighted by atomic mass is 16.5. The minimum absolute atomic E-state index is 0.0379. The molecular formula is C22H23N3O4. The van der Waals surface area contributed by atoms with Crippen molar-refractivity contribution in [1.29, 1.82) is 0 Å². The van der Waals surface area contributed by atoms with E-state index in [1.807, 2.05) is 35.2 Å². The van der Waals surface area contributed by atoms with Crippen LogP contribution in [0.25, 0.3) is 0 Å². The van der Waals surface area contributed by atoms with Gasteiger partial charge in [0, 0.05) is 38.2 Å². The third-order valence-electron chi connectivity index (χ3n) is 6.39. The van der Waals surface area contributed by atoms with Gasteiger partial charge in [-0.15, -0.1) is 0 Å². The molecule has 1 aromatic heterocycles. The van der Waals surface area contributed by atoms with Gasteiger partial charge in [0.15, 0.2) is 5.72 Å². The lowest BCUT2D eigenvalue weighted by Gasteiger charge is -2.32. The smallest absolute Gasteiger partial charge is 0.250 e. The quantitative estimate of drug-likeness (QED) is 0.790. The number of nitrogens with zero attached hydrogens (tertiary/aromatic N) is 3. The Morgan fingerprint density at radius 3 is 2.69 bits per heavy atom. The number of ether oxygens (including phenoxy) is 1. The zero-order valence-corrected chi connectivity index (χ0v) is 16.1. The zero-order chi connectivity index (χ0) is 20.0. The summed E-state index contributed by atoms with van der Waals surface area (Å²) in [6, 6.07) is 14.6. The molecule has 7 nitrogen and oxygen atoms in total. The highest BCUT2D eigenvalue weighted by Gasteiger charge is 2.64. The van der Waals surface area contributed by atoms with E-state index in [-0.39, 0.29) is 35.9 Å². The number of amides is 2. The van der Waals surface area contributed by atoms with Crippen LogP contribution in [0.3, 0.4) is 0 Å². The van der Waals surface area contributed by atoms with Crippen molar-refractivity contribution in [2.24, 2.45) is 0 Å². The predicted molar refractivity (Wildman–Crippen MR) is 105 cm³/mol. The molecule has 0 aliphatic carbocycles. The molecule has 3 fully saturated rings. The fourth-order valence-corrected chi connectivity index (χ4v) is 4.97. The van der Waals surface area contributed by atoms with Crippen LogP contribution in [0.4, 0.5) is 0 Å². The summed E-state index contributed by atoms with van der Waals surface area (Å²) in [6.45, 7) is 1.43. The third kappa shape index (κ3) is 2.88. The van der Waals surface area contributed by atoms with E-state index in [0.717, 1.165) is 5.56 Å². The Bertz CT molecular complexity index is 1000. The Kier molecular flexibility index (Phi) is 4.28. The van der Waals surface area contributed by atoms with Gasteiger partial charge in [-0.3, -0.25) is 14.4 Å². The maximum absolute atomic E-state index is 12.9. The SMILES string of the molecule is O=C(CCn1ccccc1=O)N1CC[C@@]23O[C@@H](c4ccccc4)CN2C(=O)C[C@@H]13. The zero-order valence-electron chi connectivity index (χ0n) is 16.1. The van der Waals surface area contributed by atoms with Gasteiger partial charge in [0.2, 0.25) is 11.8 Å². The van der Waals surface area contributed by atoms with Gasteiger partial charge < -0.3 is 19.1 Å². The fourth-order valence-electron chi connectivity index (χ4n) is 4.97. The summed E-state index contributed by atoms with van der Waals surface area (Å²) >= 11 is 0. The molecule has 3 atom stereocenters. The van der Waals surface area contributed by atoms with E-state index >= 15 is 0 Å². The number of rotatable bonds is 4. The topological polar surface area (TPSA) is 71.9 Å². The molecule has 0 saturated carbocycles. The van der Waals surface area contributed by atoms with Gasteiger partial charge in [0.25, 0.3) is 5.56 Å². The van der Waals surface area contributed by atoms with Gasteiger partial charge in [0.05, 0.1) is 19.0 Å². The van der Waals surface area contributed by atoms with Crippen LogP contribution in [0.2, 0.25) is 0 Å². The molecule has 1 spiro atoms. The standard InChI is InChI=1S/C22H23N3O4/c26-19-8-4-5-11-23(19)12-9-20(27)24-13-10-22-18(24)14-21(28)25(22)15-17(29-22)16-6-2-1-3-7-16/h1-8,11,17-18H,9-10,12-15H2/t17-,18-,22+/m1/s1. The third-order valence-corrected chi connectivity index (χ3v) is 6.39. The van der Waals surface area contributed by atoms with Crippen LogP contribution >= 0.6 is 0 Å². The number of likely N-dealkylation sites (tertiary alicyclic amines) is 1. The number of aromatic nitrogens is 1. The first kappa shape index (κ1) is 18.1. The molecule has 0 radical (unpaired) electrons. The van der Waals surface area contributed by atoms with Gasteiger partial charge in [-0.05, 0) is 11.6 Å². The summed E-state index contributed by atoms with van der Waals surface area (Å²) in [5.41, 5.74) is 0.220. The van der Waals surface area contributed by atoms with Crippen molar-refractivity contribution < 1.29 is 14.3 Å². The predicted octanol–water partition coefficient (Wildman–Crippen LogP) is 1.54. The number of benzene rings is 1. The second kappa shape index (κ2) is 6.84. The second-order valence-electron chi connectivity index (χ2n) is 7.91. The number of hydrogen-bond acceptors (Lipinski definition) is 4. The molecule has 2 aromatic rings. The molecule has 5 rings (SSSR count). The number of aryl methyl sites for hydroxylation is 1. The van der Waals surface area contributed by atoms with E-state index < -0.39 is 5.72 Å². The lowest BCUT2D eigenvalue weighted by Crippen LogP contribution is -2.48. The van der Waals surface area contributed by atoms with Crippen molar-refractivity contribution in [1.82, 2.24) is 14.4 Å². The molecule has 2 amide bonds. The summed E-state index contributed by atoms with van der Waals surface area (Å²) in [4.78, 5) is 41.1. The highest BCUT2D eigenvalue weighted by Crippen LogP contribution is 2.50. The maximum atomic E-state index is 12.9. The van der Waals surface area contributed by atoms with Crippen LogP contribution in [0.1, 0.15) is 30.9 Å². The van der Waals surface area contributed by atoms with Crippen LogP contribution in [0.15, 0.2) is 59.5 Å². The Morgan fingerprint density at radius 1 is 1.10 bits per heavy atom. The molecule has 3 aliphatic rings. The molecule has 0 N–H and O–H groups in total. The van der Waals surface area contributed by atoms with Crippen molar-refractivity contribution in [3.05, 3.63) is 70.6 Å². The van der Waals surface area contributed by atoms with Crippen LogP contribution in [-0.4, -0.2) is 51.0 Å². The summed E-state index contributed by atoms with van der Waals surface area (Å²) in [5.74, 6) is 0.00856. The first-order chi connectivity index (χ1) is 14.1. The number of pyridine rings is 1. The molecule has 4 heterocycles. The highest BCUT2D eigenvalue weighted by molar-refractivity contribution is 5.84. The number of carbonyl (C=O) groups excluding carboxylic acids is 2. The Hall–Kier alpha value is -2.93. The molecule has 3 aliphatic heterocycles. The van der Waals surface area contributed by atoms with E-state index in [1.165, 1.54) is 10.6 Å². The van der Waals surface area contributed by atoms with Crippen molar-refractivity contribution in [2.75, 3.05) is 13.1 Å². The van der Waals surface area contributed by atoms with Gasteiger partial charge in [-0.2, -0.15) is 0 Å². The van der Waals surface area contributed by atoms with Gasteiger partial charge in [-0.1, -0.05) is 36.4 Å². The average Bonchev–Trinajstić information content (AvgIpc) is 3.36. The molecule has 150 valence electrons. The lowest BCUT2D eigenvalue weighted by atomic mass is 10.1. The van der Waals surface area contributed by atoms with Crippen molar-refractivity contribution in [2.45, 2.75) is 43.7 Å². The van der Waals surface area contributed by atoms with E-state index in [0.29, 0.717) is 32.5 Å². The van der Waals surface area contributed by atoms with Gasteiger partial charge in [-0.25, -0.2) is 0 Å². The van der Waals surface area contributed by atoms with Crippen LogP contribution in [0.5, 0.6) is 0 Å². The molecule has 29 heavy (non-hydrogen) atoms. The number of carbonyl (C=O) groups is 2.